The minimum atomic E-state index is -0.197. The molecule has 0 unspecified atom stereocenters. The van der Waals surface area contributed by atoms with Crippen LogP contribution in [0.2, 0.25) is 0 Å². The zero-order chi connectivity index (χ0) is 9.68. The molecule has 0 aliphatic carbocycles. The van der Waals surface area contributed by atoms with E-state index >= 15 is 0 Å². The predicted molar refractivity (Wildman–Crippen MR) is 58.2 cm³/mol. The highest BCUT2D eigenvalue weighted by atomic mass is 32.2. The molecule has 13 heavy (non-hydrogen) atoms. The van der Waals surface area contributed by atoms with Gasteiger partial charge < -0.3 is 5.11 Å². The van der Waals surface area contributed by atoms with Gasteiger partial charge in [-0.25, -0.2) is 0 Å². The van der Waals surface area contributed by atoms with Gasteiger partial charge in [-0.05, 0) is 36.8 Å². The van der Waals surface area contributed by atoms with Crippen molar-refractivity contribution in [3.8, 4) is 0 Å². The van der Waals surface area contributed by atoms with Gasteiger partial charge in [0.2, 0.25) is 0 Å². The van der Waals surface area contributed by atoms with Crippen LogP contribution >= 0.6 is 11.8 Å². The van der Waals surface area contributed by atoms with Crippen LogP contribution in [0.3, 0.4) is 0 Å². The third-order valence-electron chi connectivity index (χ3n) is 2.08. The third-order valence-corrected chi connectivity index (χ3v) is 2.80. The molecule has 0 spiro atoms. The fourth-order valence-corrected chi connectivity index (χ4v) is 1.70. The van der Waals surface area contributed by atoms with Gasteiger partial charge in [0, 0.05) is 4.90 Å². The summed E-state index contributed by atoms with van der Waals surface area (Å²) >= 11 is 1.74. The van der Waals surface area contributed by atoms with E-state index in [0.717, 1.165) is 12.8 Å². The van der Waals surface area contributed by atoms with Crippen molar-refractivity contribution in [3.63, 3.8) is 0 Å². The van der Waals surface area contributed by atoms with E-state index in [9.17, 15) is 5.11 Å². The van der Waals surface area contributed by atoms with E-state index in [1.54, 1.807) is 11.8 Å². The van der Waals surface area contributed by atoms with E-state index < -0.39 is 0 Å². The molecule has 0 amide bonds. The Morgan fingerprint density at radius 1 is 1.46 bits per heavy atom. The van der Waals surface area contributed by atoms with Gasteiger partial charge >= 0.3 is 0 Å². The van der Waals surface area contributed by atoms with E-state index in [4.69, 9.17) is 0 Å². The van der Waals surface area contributed by atoms with E-state index in [-0.39, 0.29) is 6.10 Å². The van der Waals surface area contributed by atoms with Crippen molar-refractivity contribution in [2.24, 2.45) is 0 Å². The molecule has 1 N–H and O–H groups in total. The lowest BCUT2D eigenvalue weighted by Gasteiger charge is -2.08. The van der Waals surface area contributed by atoms with Gasteiger partial charge in [0.1, 0.15) is 0 Å². The van der Waals surface area contributed by atoms with Crippen molar-refractivity contribution >= 4 is 11.8 Å². The molecular formula is C11H16OS. The van der Waals surface area contributed by atoms with Crippen molar-refractivity contribution in [2.75, 3.05) is 6.26 Å². The van der Waals surface area contributed by atoms with Crippen LogP contribution in [0.1, 0.15) is 18.9 Å². The average molecular weight is 196 g/mol. The molecular weight excluding hydrogens is 180 g/mol. The van der Waals surface area contributed by atoms with Gasteiger partial charge in [-0.15, -0.1) is 11.8 Å². The van der Waals surface area contributed by atoms with Crippen molar-refractivity contribution < 1.29 is 5.11 Å². The maximum Gasteiger partial charge on any atom is 0.0577 e. The highest BCUT2D eigenvalue weighted by Gasteiger charge is 2.02. The molecule has 2 heteroatoms. The fraction of sp³-hybridized carbons (Fsp3) is 0.455. The van der Waals surface area contributed by atoms with Gasteiger partial charge in [-0.1, -0.05) is 19.1 Å². The summed E-state index contributed by atoms with van der Waals surface area (Å²) in [4.78, 5) is 1.26. The van der Waals surface area contributed by atoms with Gasteiger partial charge in [0.15, 0.2) is 0 Å². The highest BCUT2D eigenvalue weighted by molar-refractivity contribution is 7.98. The Morgan fingerprint density at radius 3 is 2.85 bits per heavy atom. The molecule has 1 atom stereocenters. The zero-order valence-electron chi connectivity index (χ0n) is 8.16. The van der Waals surface area contributed by atoms with Crippen molar-refractivity contribution in [1.29, 1.82) is 0 Å². The van der Waals surface area contributed by atoms with Gasteiger partial charge in [0.05, 0.1) is 6.10 Å². The topological polar surface area (TPSA) is 20.2 Å². The smallest absolute Gasteiger partial charge is 0.0577 e. The summed E-state index contributed by atoms with van der Waals surface area (Å²) in [5.74, 6) is 0. The van der Waals surface area contributed by atoms with Crippen molar-refractivity contribution in [2.45, 2.75) is 30.8 Å². The van der Waals surface area contributed by atoms with Crippen LogP contribution in [-0.2, 0) is 6.42 Å². The maximum absolute atomic E-state index is 9.47. The van der Waals surface area contributed by atoms with Gasteiger partial charge in [-0.2, -0.15) is 0 Å². The Kier molecular flexibility index (Phi) is 4.33. The molecule has 0 aliphatic rings. The monoisotopic (exact) mass is 196 g/mol. The number of thioether (sulfide) groups is 1. The van der Waals surface area contributed by atoms with Gasteiger partial charge in [0.25, 0.3) is 0 Å². The molecule has 0 radical (unpaired) electrons. The van der Waals surface area contributed by atoms with Crippen LogP contribution in [0.15, 0.2) is 29.2 Å². The Balaban J connectivity index is 2.66. The minimum absolute atomic E-state index is 0.197. The van der Waals surface area contributed by atoms with Crippen LogP contribution in [-0.4, -0.2) is 17.5 Å². The lowest BCUT2D eigenvalue weighted by atomic mass is 10.1. The average Bonchev–Trinajstić information content (AvgIpc) is 2.18. The third kappa shape index (κ3) is 3.41. The minimum Gasteiger partial charge on any atom is -0.393 e. The van der Waals surface area contributed by atoms with Crippen LogP contribution in [0.4, 0.5) is 0 Å². The number of aliphatic hydroxyl groups excluding tert-OH is 1. The first kappa shape index (κ1) is 10.6. The molecule has 0 saturated carbocycles. The van der Waals surface area contributed by atoms with Crippen molar-refractivity contribution in [3.05, 3.63) is 29.8 Å². The summed E-state index contributed by atoms with van der Waals surface area (Å²) in [6, 6.07) is 8.35. The molecule has 1 rings (SSSR count). The van der Waals surface area contributed by atoms with E-state index in [1.807, 2.05) is 13.0 Å². The normalized spacial score (nSPS) is 12.8. The second-order valence-electron chi connectivity index (χ2n) is 3.12. The molecule has 1 nitrogen and oxygen atoms in total. The standard InChI is InChI=1S/C11H16OS/c1-3-10(12)7-9-5-4-6-11(8-9)13-2/h4-6,8,10,12H,3,7H2,1-2H3/t10-/m1/s1. The molecule has 1 aromatic carbocycles. The predicted octanol–water partition coefficient (Wildman–Crippen LogP) is 2.72. The summed E-state index contributed by atoms with van der Waals surface area (Å²) in [6.07, 6.45) is 3.46. The number of benzene rings is 1. The summed E-state index contributed by atoms with van der Waals surface area (Å²) in [6.45, 7) is 2.00. The molecule has 0 aromatic heterocycles. The maximum atomic E-state index is 9.47. The molecule has 0 saturated heterocycles. The Bertz CT molecular complexity index is 260. The molecule has 72 valence electrons. The number of hydrogen-bond donors (Lipinski definition) is 1. The summed E-state index contributed by atoms with van der Waals surface area (Å²) in [7, 11) is 0. The zero-order valence-corrected chi connectivity index (χ0v) is 8.97. The summed E-state index contributed by atoms with van der Waals surface area (Å²) in [5.41, 5.74) is 1.22. The van der Waals surface area contributed by atoms with E-state index in [2.05, 4.69) is 24.5 Å². The van der Waals surface area contributed by atoms with Gasteiger partial charge in [-0.3, -0.25) is 0 Å². The number of aliphatic hydroxyl groups is 1. The number of rotatable bonds is 4. The molecule has 0 heterocycles. The first-order valence-corrected chi connectivity index (χ1v) is 5.79. The van der Waals surface area contributed by atoms with Crippen LogP contribution in [0, 0.1) is 0 Å². The Morgan fingerprint density at radius 2 is 2.23 bits per heavy atom. The fourth-order valence-electron chi connectivity index (χ4n) is 1.22. The molecule has 0 fully saturated rings. The second kappa shape index (κ2) is 5.30. The van der Waals surface area contributed by atoms with Crippen LogP contribution < -0.4 is 0 Å². The van der Waals surface area contributed by atoms with Crippen LogP contribution in [0.5, 0.6) is 0 Å². The molecule has 1 aromatic rings. The molecule has 0 bridgehead atoms. The number of hydrogen-bond acceptors (Lipinski definition) is 2. The largest absolute Gasteiger partial charge is 0.393 e. The van der Waals surface area contributed by atoms with E-state index in [0.29, 0.717) is 0 Å². The first-order valence-electron chi connectivity index (χ1n) is 4.57. The highest BCUT2D eigenvalue weighted by Crippen LogP contribution is 2.17. The summed E-state index contributed by atoms with van der Waals surface area (Å²) in [5, 5.41) is 9.47. The second-order valence-corrected chi connectivity index (χ2v) is 4.00. The SMILES string of the molecule is CC[C@@H](O)Cc1cccc(SC)c1. The Labute approximate surface area is 84.2 Å². The summed E-state index contributed by atoms with van der Waals surface area (Å²) < 4.78 is 0. The first-order chi connectivity index (χ1) is 6.26. The van der Waals surface area contributed by atoms with Crippen molar-refractivity contribution in [1.82, 2.24) is 0 Å². The Hall–Kier alpha value is -0.470. The van der Waals surface area contributed by atoms with E-state index in [1.165, 1.54) is 10.5 Å². The van der Waals surface area contributed by atoms with Crippen LogP contribution in [0.25, 0.3) is 0 Å². The quantitative estimate of drug-likeness (QED) is 0.747. The lowest BCUT2D eigenvalue weighted by Crippen LogP contribution is -2.08. The lowest BCUT2D eigenvalue weighted by molar-refractivity contribution is 0.171. The molecule has 0 aliphatic heterocycles.